The number of carbonyl (C=O) groups excluding carboxylic acids is 1. The quantitative estimate of drug-likeness (QED) is 0.385. The second-order valence-electron chi connectivity index (χ2n) is 10.4. The Bertz CT molecular complexity index is 1140. The Morgan fingerprint density at radius 3 is 2.43 bits per heavy atom. The van der Waals surface area contributed by atoms with E-state index in [1.54, 1.807) is 7.11 Å². The van der Waals surface area contributed by atoms with Crippen molar-refractivity contribution in [1.29, 1.82) is 0 Å². The first-order valence-corrected chi connectivity index (χ1v) is 13.9. The predicted molar refractivity (Wildman–Crippen MR) is 151 cm³/mol. The van der Waals surface area contributed by atoms with Crippen molar-refractivity contribution in [2.45, 2.75) is 32.1 Å². The molecular weight excluding hydrogens is 462 g/mol. The molecule has 0 atom stereocenters. The van der Waals surface area contributed by atoms with Gasteiger partial charge in [0.2, 0.25) is 0 Å². The molecule has 7 nitrogen and oxygen atoms in total. The molecule has 2 saturated heterocycles. The molecule has 37 heavy (non-hydrogen) atoms. The SMILES string of the molecule is COc1ccc(N2CCN(CCCCc3c[nH]c4ccc(C(=O)NCCN5CCCC5)cc34)CC2)cc1. The van der Waals surface area contributed by atoms with Gasteiger partial charge >= 0.3 is 0 Å². The summed E-state index contributed by atoms with van der Waals surface area (Å²) in [6, 6.07) is 14.4. The van der Waals surface area contributed by atoms with E-state index in [9.17, 15) is 4.79 Å². The van der Waals surface area contributed by atoms with Crippen molar-refractivity contribution in [3.63, 3.8) is 0 Å². The van der Waals surface area contributed by atoms with Crippen LogP contribution in [0.4, 0.5) is 5.69 Å². The highest BCUT2D eigenvalue weighted by Crippen LogP contribution is 2.23. The van der Waals surface area contributed by atoms with Crippen LogP contribution in [0.25, 0.3) is 10.9 Å². The molecule has 0 bridgehead atoms. The van der Waals surface area contributed by atoms with Gasteiger partial charge in [-0.25, -0.2) is 0 Å². The van der Waals surface area contributed by atoms with Crippen LogP contribution in [-0.2, 0) is 6.42 Å². The lowest BCUT2D eigenvalue weighted by Crippen LogP contribution is -2.46. The number of nitrogens with one attached hydrogen (secondary N) is 2. The van der Waals surface area contributed by atoms with Crippen LogP contribution in [0.3, 0.4) is 0 Å². The molecule has 1 aromatic heterocycles. The number of likely N-dealkylation sites (tertiary alicyclic amines) is 1. The Hall–Kier alpha value is -3.03. The third kappa shape index (κ3) is 6.65. The summed E-state index contributed by atoms with van der Waals surface area (Å²) in [7, 11) is 1.71. The van der Waals surface area contributed by atoms with Gasteiger partial charge in [-0.2, -0.15) is 0 Å². The Labute approximate surface area is 220 Å². The van der Waals surface area contributed by atoms with Crippen molar-refractivity contribution in [1.82, 2.24) is 20.1 Å². The van der Waals surface area contributed by atoms with E-state index in [2.05, 4.69) is 49.4 Å². The van der Waals surface area contributed by atoms with Crippen molar-refractivity contribution in [3.8, 4) is 5.75 Å². The van der Waals surface area contributed by atoms with Crippen molar-refractivity contribution < 1.29 is 9.53 Å². The van der Waals surface area contributed by atoms with E-state index in [1.165, 1.54) is 35.9 Å². The van der Waals surface area contributed by atoms with Gasteiger partial charge in [0.25, 0.3) is 5.91 Å². The second-order valence-corrected chi connectivity index (χ2v) is 10.4. The van der Waals surface area contributed by atoms with Crippen LogP contribution in [-0.4, -0.2) is 86.7 Å². The number of aryl methyl sites for hydroxylation is 1. The molecule has 2 aliphatic rings. The summed E-state index contributed by atoms with van der Waals surface area (Å²) in [5.74, 6) is 0.937. The summed E-state index contributed by atoms with van der Waals surface area (Å²) in [5, 5.41) is 4.28. The lowest BCUT2D eigenvalue weighted by molar-refractivity contribution is 0.0950. The number of hydrogen-bond donors (Lipinski definition) is 2. The third-order valence-electron chi connectivity index (χ3n) is 7.92. The molecule has 3 aromatic rings. The van der Waals surface area contributed by atoms with E-state index in [0.717, 1.165) is 82.0 Å². The topological polar surface area (TPSA) is 63.8 Å². The van der Waals surface area contributed by atoms with Gasteiger partial charge in [0.05, 0.1) is 7.11 Å². The molecular formula is C30H41N5O2. The number of rotatable bonds is 11. The number of benzene rings is 2. The normalized spacial score (nSPS) is 16.9. The fraction of sp³-hybridized carbons (Fsp3) is 0.500. The fourth-order valence-electron chi connectivity index (χ4n) is 5.64. The highest BCUT2D eigenvalue weighted by atomic mass is 16.5. The lowest BCUT2D eigenvalue weighted by atomic mass is 10.0. The van der Waals surface area contributed by atoms with Gasteiger partial charge in [0.15, 0.2) is 0 Å². The van der Waals surface area contributed by atoms with Crippen LogP contribution >= 0.6 is 0 Å². The zero-order valence-electron chi connectivity index (χ0n) is 22.2. The number of fused-ring (bicyclic) bond motifs is 1. The summed E-state index contributed by atoms with van der Waals surface area (Å²) in [6.45, 7) is 9.47. The summed E-state index contributed by atoms with van der Waals surface area (Å²) >= 11 is 0. The highest BCUT2D eigenvalue weighted by Gasteiger charge is 2.17. The molecule has 0 radical (unpaired) electrons. The average molecular weight is 504 g/mol. The Morgan fingerprint density at radius 1 is 0.919 bits per heavy atom. The Kier molecular flexibility index (Phi) is 8.64. The van der Waals surface area contributed by atoms with Crippen LogP contribution in [0.2, 0.25) is 0 Å². The number of unbranched alkanes of at least 4 members (excludes halogenated alkanes) is 1. The average Bonchev–Trinajstić information content (AvgIpc) is 3.61. The number of hydrogen-bond acceptors (Lipinski definition) is 5. The number of anilines is 1. The predicted octanol–water partition coefficient (Wildman–Crippen LogP) is 4.15. The van der Waals surface area contributed by atoms with Gasteiger partial charge in [-0.1, -0.05) is 0 Å². The third-order valence-corrected chi connectivity index (χ3v) is 7.92. The standard InChI is InChI=1S/C30H41N5O2/c1-37-27-10-8-26(9-11-27)35-20-18-34(19-21-35)14-3-2-6-25-23-32-29-12-7-24(22-28(25)29)30(36)31-13-17-33-15-4-5-16-33/h7-12,22-23,32H,2-6,13-21H2,1H3,(H,31,36). The highest BCUT2D eigenvalue weighted by molar-refractivity contribution is 5.98. The molecule has 0 saturated carbocycles. The van der Waals surface area contributed by atoms with Gasteiger partial charge in [-0.15, -0.1) is 0 Å². The van der Waals surface area contributed by atoms with E-state index in [1.807, 2.05) is 24.3 Å². The van der Waals surface area contributed by atoms with Crippen LogP contribution in [0.15, 0.2) is 48.7 Å². The minimum atomic E-state index is 0.0297. The van der Waals surface area contributed by atoms with Gasteiger partial charge < -0.3 is 24.8 Å². The van der Waals surface area contributed by atoms with Crippen molar-refractivity contribution in [2.75, 3.05) is 70.9 Å². The molecule has 2 fully saturated rings. The largest absolute Gasteiger partial charge is 0.497 e. The molecule has 198 valence electrons. The molecule has 5 rings (SSSR count). The molecule has 0 unspecified atom stereocenters. The number of methoxy groups -OCH3 is 1. The molecule has 2 aromatic carbocycles. The van der Waals surface area contributed by atoms with Crippen LogP contribution < -0.4 is 15.0 Å². The molecule has 1 amide bonds. The number of aromatic amines is 1. The van der Waals surface area contributed by atoms with E-state index in [-0.39, 0.29) is 5.91 Å². The fourth-order valence-corrected chi connectivity index (χ4v) is 5.64. The number of piperazine rings is 1. The zero-order valence-corrected chi connectivity index (χ0v) is 22.2. The van der Waals surface area contributed by atoms with Gasteiger partial charge in [-0.05, 0) is 99.8 Å². The maximum atomic E-state index is 12.7. The molecule has 0 spiro atoms. The van der Waals surface area contributed by atoms with Gasteiger partial charge in [-0.3, -0.25) is 9.69 Å². The first-order chi connectivity index (χ1) is 18.2. The van der Waals surface area contributed by atoms with Gasteiger partial charge in [0, 0.05) is 67.6 Å². The first kappa shape index (κ1) is 25.6. The maximum absolute atomic E-state index is 12.7. The number of nitrogens with zero attached hydrogens (tertiary/aromatic N) is 3. The summed E-state index contributed by atoms with van der Waals surface area (Å²) in [6.07, 6.45) is 8.05. The first-order valence-electron chi connectivity index (χ1n) is 13.9. The summed E-state index contributed by atoms with van der Waals surface area (Å²) < 4.78 is 5.28. The zero-order chi connectivity index (χ0) is 25.5. The minimum absolute atomic E-state index is 0.0297. The molecule has 0 aliphatic carbocycles. The number of ether oxygens (including phenoxy) is 1. The smallest absolute Gasteiger partial charge is 0.251 e. The Balaban J connectivity index is 1.05. The van der Waals surface area contributed by atoms with Crippen LogP contribution in [0.1, 0.15) is 41.6 Å². The maximum Gasteiger partial charge on any atom is 0.251 e. The molecule has 2 N–H and O–H groups in total. The lowest BCUT2D eigenvalue weighted by Gasteiger charge is -2.36. The summed E-state index contributed by atoms with van der Waals surface area (Å²) in [5.41, 5.74) is 4.45. The van der Waals surface area contributed by atoms with Crippen LogP contribution in [0, 0.1) is 0 Å². The monoisotopic (exact) mass is 503 g/mol. The number of carbonyl (C=O) groups is 1. The number of H-pyrrole nitrogens is 1. The summed E-state index contributed by atoms with van der Waals surface area (Å²) in [4.78, 5) is 23.6. The van der Waals surface area contributed by atoms with Crippen LogP contribution in [0.5, 0.6) is 5.75 Å². The molecule has 7 heteroatoms. The van der Waals surface area contributed by atoms with Crippen molar-refractivity contribution >= 4 is 22.5 Å². The van der Waals surface area contributed by atoms with E-state index >= 15 is 0 Å². The van der Waals surface area contributed by atoms with E-state index in [0.29, 0.717) is 6.54 Å². The number of amides is 1. The van der Waals surface area contributed by atoms with Crippen molar-refractivity contribution in [2.24, 2.45) is 0 Å². The van der Waals surface area contributed by atoms with E-state index < -0.39 is 0 Å². The molecule has 3 heterocycles. The van der Waals surface area contributed by atoms with Crippen molar-refractivity contribution in [3.05, 3.63) is 59.8 Å². The number of aromatic nitrogens is 1. The second kappa shape index (κ2) is 12.5. The minimum Gasteiger partial charge on any atom is -0.497 e. The molecule has 2 aliphatic heterocycles. The Morgan fingerprint density at radius 2 is 1.68 bits per heavy atom. The van der Waals surface area contributed by atoms with Gasteiger partial charge in [0.1, 0.15) is 5.75 Å². The van der Waals surface area contributed by atoms with E-state index in [4.69, 9.17) is 4.74 Å².